The van der Waals surface area contributed by atoms with Crippen LogP contribution in [0.4, 0.5) is 18.3 Å². The summed E-state index contributed by atoms with van der Waals surface area (Å²) in [5, 5.41) is 22.6. The summed E-state index contributed by atoms with van der Waals surface area (Å²) in [6.07, 6.45) is 0.718. The predicted molar refractivity (Wildman–Crippen MR) is 140 cm³/mol. The first-order valence-corrected chi connectivity index (χ1v) is 13.1. The summed E-state index contributed by atoms with van der Waals surface area (Å²) in [5.74, 6) is 0.316. The van der Waals surface area contributed by atoms with Gasteiger partial charge < -0.3 is 15.3 Å². The van der Waals surface area contributed by atoms with Crippen molar-refractivity contribution in [1.82, 2.24) is 20.1 Å². The molecule has 3 aliphatic heterocycles. The number of aromatic hydroxyl groups is 1. The molecule has 0 amide bonds. The number of hydrogen-bond donors (Lipinski definition) is 3. The van der Waals surface area contributed by atoms with Crippen LogP contribution in [-0.2, 0) is 6.18 Å². The second kappa shape index (κ2) is 9.34. The summed E-state index contributed by atoms with van der Waals surface area (Å²) in [5.41, 5.74) is 0.942. The zero-order valence-corrected chi connectivity index (χ0v) is 21.1. The largest absolute Gasteiger partial charge is 0.492 e. The molecule has 3 fully saturated rings. The molecule has 3 saturated heterocycles. The van der Waals surface area contributed by atoms with Crippen LogP contribution in [0.3, 0.4) is 0 Å². The highest BCUT2D eigenvalue weighted by atomic mass is 35.5. The van der Waals surface area contributed by atoms with Crippen LogP contribution in [0.2, 0.25) is 5.02 Å². The van der Waals surface area contributed by atoms with Crippen molar-refractivity contribution < 1.29 is 18.3 Å². The SMILES string of the molecule is Oc1nc(N[C@H]2CN3CCC2CC3)sc1C(=Cc1ccc(Cl)cc1C(F)(F)F)c1ccc2[nH]ncc2c1. The number of nitrogens with zero attached hydrogens (tertiary/aromatic N) is 3. The maximum Gasteiger partial charge on any atom is 0.417 e. The summed E-state index contributed by atoms with van der Waals surface area (Å²) in [6.45, 7) is 3.12. The monoisotopic (exact) mass is 545 g/mol. The summed E-state index contributed by atoms with van der Waals surface area (Å²) >= 11 is 7.14. The van der Waals surface area contributed by atoms with Gasteiger partial charge in [-0.3, -0.25) is 5.10 Å². The van der Waals surface area contributed by atoms with Crippen LogP contribution in [0.5, 0.6) is 5.88 Å². The molecule has 7 rings (SSSR count). The molecule has 6 nitrogen and oxygen atoms in total. The standard InChI is InChI=1S/C26H23ClF3N5OS/c27-18-3-1-16(20(11-18)26(28,29)30)10-19(15-2-4-21-17(9-15)12-31-34-21)23-24(36)33-25(37-23)32-22-13-35-7-5-14(22)6-8-35/h1-4,9-12,14,22,36H,5-8,13H2,(H,31,34)(H,32,33)/t22-/m0/s1. The van der Waals surface area contributed by atoms with Gasteiger partial charge in [-0.25, -0.2) is 0 Å². The number of halogens is 4. The lowest BCUT2D eigenvalue weighted by molar-refractivity contribution is -0.137. The van der Waals surface area contributed by atoms with E-state index in [9.17, 15) is 18.3 Å². The number of anilines is 1. The van der Waals surface area contributed by atoms with Crippen LogP contribution < -0.4 is 5.32 Å². The topological polar surface area (TPSA) is 77.1 Å². The number of benzene rings is 2. The fourth-order valence-corrected chi connectivity index (χ4v) is 6.41. The van der Waals surface area contributed by atoms with Crippen molar-refractivity contribution in [2.45, 2.75) is 25.1 Å². The predicted octanol–water partition coefficient (Wildman–Crippen LogP) is 6.49. The van der Waals surface area contributed by atoms with Crippen molar-refractivity contribution >= 4 is 50.6 Å². The molecule has 2 aromatic heterocycles. The molecule has 2 aromatic carbocycles. The number of thiazole rings is 1. The molecule has 0 unspecified atom stereocenters. The number of piperidine rings is 3. The number of fused-ring (bicyclic) bond motifs is 4. The minimum atomic E-state index is -4.60. The molecule has 3 aliphatic rings. The molecule has 37 heavy (non-hydrogen) atoms. The summed E-state index contributed by atoms with van der Waals surface area (Å²) in [6, 6.07) is 9.32. The Morgan fingerprint density at radius 3 is 2.73 bits per heavy atom. The maximum absolute atomic E-state index is 13.9. The summed E-state index contributed by atoms with van der Waals surface area (Å²) < 4.78 is 41.7. The lowest BCUT2D eigenvalue weighted by atomic mass is 9.84. The van der Waals surface area contributed by atoms with Gasteiger partial charge >= 0.3 is 6.18 Å². The molecule has 0 radical (unpaired) electrons. The fourth-order valence-electron chi connectivity index (χ4n) is 5.28. The van der Waals surface area contributed by atoms with Crippen LogP contribution >= 0.6 is 22.9 Å². The quantitative estimate of drug-likeness (QED) is 0.250. The Balaban J connectivity index is 1.44. The normalized spacial score (nSPS) is 22.1. The zero-order chi connectivity index (χ0) is 25.7. The Kier molecular flexibility index (Phi) is 6.13. The van der Waals surface area contributed by atoms with Gasteiger partial charge in [-0.05, 0) is 73.3 Å². The van der Waals surface area contributed by atoms with Crippen molar-refractivity contribution in [3.05, 3.63) is 69.2 Å². The molecule has 0 aliphatic carbocycles. The Hall–Kier alpha value is -3.08. The maximum atomic E-state index is 13.9. The highest BCUT2D eigenvalue weighted by molar-refractivity contribution is 7.17. The highest BCUT2D eigenvalue weighted by Gasteiger charge is 2.35. The molecule has 5 heterocycles. The van der Waals surface area contributed by atoms with Gasteiger partial charge in [0.15, 0.2) is 5.13 Å². The second-order valence-electron chi connectivity index (χ2n) is 9.52. The van der Waals surface area contributed by atoms with E-state index in [2.05, 4.69) is 25.4 Å². The van der Waals surface area contributed by atoms with Crippen molar-refractivity contribution in [2.75, 3.05) is 25.0 Å². The number of alkyl halides is 3. The van der Waals surface area contributed by atoms with Crippen molar-refractivity contribution in [2.24, 2.45) is 5.92 Å². The second-order valence-corrected chi connectivity index (χ2v) is 11.0. The molecular weight excluding hydrogens is 523 g/mol. The molecule has 1 atom stereocenters. The average Bonchev–Trinajstić information content (AvgIpc) is 3.49. The van der Waals surface area contributed by atoms with E-state index in [-0.39, 0.29) is 22.5 Å². The minimum absolute atomic E-state index is 0.00418. The smallest absolute Gasteiger partial charge is 0.417 e. The van der Waals surface area contributed by atoms with Crippen LogP contribution in [-0.4, -0.2) is 50.9 Å². The van der Waals surface area contributed by atoms with Crippen LogP contribution in [0, 0.1) is 5.92 Å². The van der Waals surface area contributed by atoms with Crippen LogP contribution in [0.15, 0.2) is 42.6 Å². The third-order valence-electron chi connectivity index (χ3n) is 7.19. The molecule has 0 spiro atoms. The highest BCUT2D eigenvalue weighted by Crippen LogP contribution is 2.42. The number of H-pyrrole nitrogens is 1. The number of rotatable bonds is 5. The molecule has 192 valence electrons. The lowest BCUT2D eigenvalue weighted by Crippen LogP contribution is -2.53. The van der Waals surface area contributed by atoms with Gasteiger partial charge in [-0.2, -0.15) is 23.3 Å². The number of hydrogen-bond acceptors (Lipinski definition) is 6. The van der Waals surface area contributed by atoms with Gasteiger partial charge in [-0.15, -0.1) is 0 Å². The van der Waals surface area contributed by atoms with Crippen molar-refractivity contribution in [3.8, 4) is 5.88 Å². The third kappa shape index (κ3) is 4.81. The van der Waals surface area contributed by atoms with E-state index >= 15 is 0 Å². The van der Waals surface area contributed by atoms with Gasteiger partial charge in [0, 0.05) is 28.6 Å². The first kappa shape index (κ1) is 24.3. The third-order valence-corrected chi connectivity index (χ3v) is 8.43. The van der Waals surface area contributed by atoms with E-state index < -0.39 is 11.7 Å². The number of nitrogens with one attached hydrogen (secondary N) is 2. The fraction of sp³-hybridized carbons (Fsp3) is 0.308. The van der Waals surface area contributed by atoms with Crippen LogP contribution in [0.1, 0.15) is 34.4 Å². The Morgan fingerprint density at radius 1 is 1.19 bits per heavy atom. The van der Waals surface area contributed by atoms with Gasteiger partial charge in [0.2, 0.25) is 5.88 Å². The number of aromatic nitrogens is 3. The van der Waals surface area contributed by atoms with Gasteiger partial charge in [-0.1, -0.05) is 35.1 Å². The first-order valence-electron chi connectivity index (χ1n) is 12.0. The lowest BCUT2D eigenvalue weighted by Gasteiger charge is -2.44. The zero-order valence-electron chi connectivity index (χ0n) is 19.5. The molecule has 4 aromatic rings. The molecular formula is C26H23ClF3N5OS. The van der Waals surface area contributed by atoms with Gasteiger partial charge in [0.1, 0.15) is 4.88 Å². The van der Waals surface area contributed by atoms with Gasteiger partial charge in [0.05, 0.1) is 17.3 Å². The van der Waals surface area contributed by atoms with E-state index in [4.69, 9.17) is 11.6 Å². The van der Waals surface area contributed by atoms with Crippen molar-refractivity contribution in [1.29, 1.82) is 0 Å². The minimum Gasteiger partial charge on any atom is -0.492 e. The van der Waals surface area contributed by atoms with E-state index in [0.29, 0.717) is 27.1 Å². The average molecular weight is 546 g/mol. The molecule has 3 N–H and O–H groups in total. The summed E-state index contributed by atoms with van der Waals surface area (Å²) in [4.78, 5) is 7.15. The molecule has 11 heteroatoms. The number of aromatic amines is 1. The van der Waals surface area contributed by atoms with E-state index in [1.54, 1.807) is 12.3 Å². The first-order chi connectivity index (χ1) is 17.7. The van der Waals surface area contributed by atoms with E-state index in [1.165, 1.54) is 29.5 Å². The van der Waals surface area contributed by atoms with E-state index in [0.717, 1.165) is 49.4 Å². The molecule has 0 saturated carbocycles. The molecule has 2 bridgehead atoms. The van der Waals surface area contributed by atoms with Gasteiger partial charge in [0.25, 0.3) is 0 Å². The van der Waals surface area contributed by atoms with Crippen LogP contribution in [0.25, 0.3) is 22.6 Å². The summed E-state index contributed by atoms with van der Waals surface area (Å²) in [7, 11) is 0. The van der Waals surface area contributed by atoms with E-state index in [1.807, 2.05) is 12.1 Å². The van der Waals surface area contributed by atoms with Crippen molar-refractivity contribution in [3.63, 3.8) is 0 Å². The Morgan fingerprint density at radius 2 is 2.00 bits per heavy atom. The Labute approximate surface area is 219 Å². The Bertz CT molecular complexity index is 1490.